The number of nitrogens with one attached hydrogen (secondary N) is 1. The predicted octanol–water partition coefficient (Wildman–Crippen LogP) is 3.79. The van der Waals surface area contributed by atoms with Gasteiger partial charge in [0.05, 0.1) is 11.8 Å². The number of aromatic nitrogens is 3. The molecule has 0 saturated heterocycles. The average molecular weight is 348 g/mol. The molecule has 2 heterocycles. The molecule has 0 spiro atoms. The zero-order chi connectivity index (χ0) is 18.2. The van der Waals surface area contributed by atoms with E-state index in [0.717, 1.165) is 6.07 Å². The monoisotopic (exact) mass is 348 g/mol. The third kappa shape index (κ3) is 3.28. The van der Waals surface area contributed by atoms with Crippen molar-refractivity contribution in [2.24, 2.45) is 7.05 Å². The molecule has 0 aliphatic heterocycles. The topological polar surface area (TPSA) is 51.9 Å². The molecule has 5 nitrogen and oxygen atoms in total. The smallest absolute Gasteiger partial charge is 0.322 e. The minimum Gasteiger partial charge on any atom is -0.322 e. The number of anilines is 1. The number of aryl methyl sites for hydroxylation is 2. The van der Waals surface area contributed by atoms with Gasteiger partial charge in [-0.05, 0) is 36.8 Å². The van der Waals surface area contributed by atoms with E-state index in [0.29, 0.717) is 5.82 Å². The highest BCUT2D eigenvalue weighted by molar-refractivity contribution is 6.06. The summed E-state index contributed by atoms with van der Waals surface area (Å²) < 4.78 is 42.3. The van der Waals surface area contributed by atoms with Crippen molar-refractivity contribution in [3.05, 3.63) is 65.6 Å². The largest absolute Gasteiger partial charge is 0.416 e. The van der Waals surface area contributed by atoms with E-state index in [1.54, 1.807) is 36.1 Å². The maximum Gasteiger partial charge on any atom is 0.416 e. The van der Waals surface area contributed by atoms with E-state index in [1.807, 2.05) is 0 Å². The van der Waals surface area contributed by atoms with Crippen molar-refractivity contribution in [3.63, 3.8) is 0 Å². The third-order valence-electron chi connectivity index (χ3n) is 3.80. The van der Waals surface area contributed by atoms with Crippen molar-refractivity contribution in [2.45, 2.75) is 13.1 Å². The van der Waals surface area contributed by atoms with Crippen LogP contribution in [0.25, 0.3) is 5.82 Å². The van der Waals surface area contributed by atoms with Crippen LogP contribution in [0.4, 0.5) is 18.9 Å². The van der Waals surface area contributed by atoms with Crippen molar-refractivity contribution < 1.29 is 18.0 Å². The highest BCUT2D eigenvalue weighted by Gasteiger charge is 2.32. The SMILES string of the molecule is Cc1ccc(NC(=O)c2cnn(C)c2-n2cccc2)cc1C(F)(F)F. The van der Waals surface area contributed by atoms with Gasteiger partial charge in [0, 0.05) is 25.1 Å². The minimum absolute atomic E-state index is 0.0743. The lowest BCUT2D eigenvalue weighted by atomic mass is 10.1. The van der Waals surface area contributed by atoms with Gasteiger partial charge in [0.2, 0.25) is 0 Å². The van der Waals surface area contributed by atoms with Gasteiger partial charge in [-0.1, -0.05) is 6.07 Å². The number of amides is 1. The molecular weight excluding hydrogens is 333 g/mol. The maximum absolute atomic E-state index is 13.0. The first kappa shape index (κ1) is 16.8. The summed E-state index contributed by atoms with van der Waals surface area (Å²) in [6, 6.07) is 7.29. The van der Waals surface area contributed by atoms with Gasteiger partial charge in [-0.3, -0.25) is 9.48 Å². The summed E-state index contributed by atoms with van der Waals surface area (Å²) in [6.07, 6.45) is 0.405. The summed E-state index contributed by atoms with van der Waals surface area (Å²) in [5.41, 5.74) is -0.347. The van der Waals surface area contributed by atoms with E-state index in [4.69, 9.17) is 0 Å². The second-order valence-corrected chi connectivity index (χ2v) is 5.58. The minimum atomic E-state index is -4.48. The summed E-state index contributed by atoms with van der Waals surface area (Å²) in [4.78, 5) is 12.5. The van der Waals surface area contributed by atoms with Crippen molar-refractivity contribution in [2.75, 3.05) is 5.32 Å². The zero-order valence-electron chi connectivity index (χ0n) is 13.5. The first-order valence-corrected chi connectivity index (χ1v) is 7.42. The lowest BCUT2D eigenvalue weighted by Crippen LogP contribution is -2.16. The average Bonchev–Trinajstić information content (AvgIpc) is 3.17. The molecule has 0 atom stereocenters. The molecule has 0 aliphatic carbocycles. The van der Waals surface area contributed by atoms with E-state index in [-0.39, 0.29) is 16.8 Å². The Balaban J connectivity index is 1.92. The van der Waals surface area contributed by atoms with Crippen molar-refractivity contribution in [1.29, 1.82) is 0 Å². The van der Waals surface area contributed by atoms with Crippen molar-refractivity contribution in [3.8, 4) is 5.82 Å². The van der Waals surface area contributed by atoms with Gasteiger partial charge < -0.3 is 9.88 Å². The molecule has 1 aromatic carbocycles. The number of alkyl halides is 3. The number of carbonyl (C=O) groups excluding carboxylic acids is 1. The lowest BCUT2D eigenvalue weighted by molar-refractivity contribution is -0.138. The van der Waals surface area contributed by atoms with Crippen LogP contribution in [0.1, 0.15) is 21.5 Å². The van der Waals surface area contributed by atoms with Crippen LogP contribution in [0.2, 0.25) is 0 Å². The summed E-state index contributed by atoms with van der Waals surface area (Å²) in [7, 11) is 1.68. The van der Waals surface area contributed by atoms with Crippen LogP contribution in [-0.4, -0.2) is 20.3 Å². The Hall–Kier alpha value is -3.03. The van der Waals surface area contributed by atoms with Gasteiger partial charge in [0.25, 0.3) is 5.91 Å². The number of nitrogens with zero attached hydrogens (tertiary/aromatic N) is 3. The van der Waals surface area contributed by atoms with Crippen LogP contribution in [0.3, 0.4) is 0 Å². The van der Waals surface area contributed by atoms with Crippen LogP contribution in [0.15, 0.2) is 48.9 Å². The molecule has 8 heteroatoms. The van der Waals surface area contributed by atoms with Gasteiger partial charge in [-0.15, -0.1) is 0 Å². The van der Waals surface area contributed by atoms with Crippen molar-refractivity contribution >= 4 is 11.6 Å². The van der Waals surface area contributed by atoms with Gasteiger partial charge >= 0.3 is 6.18 Å². The molecule has 0 fully saturated rings. The molecule has 0 saturated carbocycles. The first-order chi connectivity index (χ1) is 11.8. The summed E-state index contributed by atoms with van der Waals surface area (Å²) >= 11 is 0. The summed E-state index contributed by atoms with van der Waals surface area (Å²) in [5.74, 6) is -0.0144. The second kappa shape index (κ2) is 6.12. The molecule has 0 radical (unpaired) electrons. The molecule has 3 aromatic rings. The molecule has 0 unspecified atom stereocenters. The molecule has 1 N–H and O–H groups in total. The van der Waals surface area contributed by atoms with E-state index < -0.39 is 17.6 Å². The predicted molar refractivity (Wildman–Crippen MR) is 86.7 cm³/mol. The Kier molecular flexibility index (Phi) is 4.12. The van der Waals surface area contributed by atoms with Gasteiger partial charge in [-0.2, -0.15) is 18.3 Å². The molecule has 0 bridgehead atoms. The molecule has 130 valence electrons. The standard InChI is InChI=1S/C17H15F3N4O/c1-11-5-6-12(9-14(11)17(18,19)20)22-15(25)13-10-21-23(2)16(13)24-7-3-4-8-24/h3-10H,1-2H3,(H,22,25). The second-order valence-electron chi connectivity index (χ2n) is 5.58. The summed E-state index contributed by atoms with van der Waals surface area (Å²) in [6.45, 7) is 1.37. The molecule has 2 aromatic heterocycles. The number of carbonyl (C=O) groups is 1. The van der Waals surface area contributed by atoms with Crippen LogP contribution >= 0.6 is 0 Å². The zero-order valence-corrected chi connectivity index (χ0v) is 13.5. The van der Waals surface area contributed by atoms with Crippen LogP contribution < -0.4 is 5.32 Å². The van der Waals surface area contributed by atoms with E-state index in [2.05, 4.69) is 10.4 Å². The molecule has 0 aliphatic rings. The number of rotatable bonds is 3. The quantitative estimate of drug-likeness (QED) is 0.783. The Bertz CT molecular complexity index is 911. The van der Waals surface area contributed by atoms with Crippen molar-refractivity contribution in [1.82, 2.24) is 14.3 Å². The fraction of sp³-hybridized carbons (Fsp3) is 0.176. The van der Waals surface area contributed by atoms with Crippen LogP contribution in [0.5, 0.6) is 0 Å². The Morgan fingerprint density at radius 2 is 1.88 bits per heavy atom. The highest BCUT2D eigenvalue weighted by atomic mass is 19.4. The fourth-order valence-electron chi connectivity index (χ4n) is 2.58. The highest BCUT2D eigenvalue weighted by Crippen LogP contribution is 2.33. The Morgan fingerprint density at radius 3 is 2.52 bits per heavy atom. The maximum atomic E-state index is 13.0. The lowest BCUT2D eigenvalue weighted by Gasteiger charge is -2.13. The molecule has 1 amide bonds. The number of hydrogen-bond donors (Lipinski definition) is 1. The summed E-state index contributed by atoms with van der Waals surface area (Å²) in [5, 5.41) is 6.57. The number of halogens is 3. The molecular formula is C17H15F3N4O. The van der Waals surface area contributed by atoms with E-state index in [1.165, 1.54) is 29.9 Å². The van der Waals surface area contributed by atoms with Crippen LogP contribution in [-0.2, 0) is 13.2 Å². The Labute approximate surface area is 141 Å². The van der Waals surface area contributed by atoms with E-state index >= 15 is 0 Å². The van der Waals surface area contributed by atoms with Gasteiger partial charge in [0.15, 0.2) is 0 Å². The molecule has 3 rings (SSSR count). The normalized spacial score (nSPS) is 11.6. The van der Waals surface area contributed by atoms with Gasteiger partial charge in [0.1, 0.15) is 11.4 Å². The number of hydrogen-bond acceptors (Lipinski definition) is 2. The van der Waals surface area contributed by atoms with Gasteiger partial charge in [-0.25, -0.2) is 0 Å². The fourth-order valence-corrected chi connectivity index (χ4v) is 2.58. The van der Waals surface area contributed by atoms with Crippen LogP contribution in [0, 0.1) is 6.92 Å². The third-order valence-corrected chi connectivity index (χ3v) is 3.80. The van der Waals surface area contributed by atoms with E-state index in [9.17, 15) is 18.0 Å². The molecule has 25 heavy (non-hydrogen) atoms. The Morgan fingerprint density at radius 1 is 1.20 bits per heavy atom. The first-order valence-electron chi connectivity index (χ1n) is 7.42. The number of benzene rings is 1.